The first-order valence-electron chi connectivity index (χ1n) is 9.77. The number of aryl methyl sites for hydroxylation is 1. The molecule has 0 aliphatic carbocycles. The molecule has 2 aliphatic heterocycles. The molecular formula is C21H27N5O2. The Bertz CT molecular complexity index is 878. The fourth-order valence-electron chi connectivity index (χ4n) is 4.36. The molecule has 2 saturated heterocycles. The van der Waals surface area contributed by atoms with E-state index in [0.29, 0.717) is 17.5 Å². The van der Waals surface area contributed by atoms with Crippen LogP contribution in [0.4, 0.5) is 10.5 Å². The van der Waals surface area contributed by atoms with E-state index in [1.54, 1.807) is 19.4 Å². The zero-order valence-corrected chi connectivity index (χ0v) is 16.7. The summed E-state index contributed by atoms with van der Waals surface area (Å²) in [5.74, 6) is 0.948. The van der Waals surface area contributed by atoms with Crippen LogP contribution >= 0.6 is 0 Å². The third kappa shape index (κ3) is 3.67. The fourth-order valence-corrected chi connectivity index (χ4v) is 4.36. The van der Waals surface area contributed by atoms with Crippen LogP contribution in [-0.4, -0.2) is 64.7 Å². The minimum absolute atomic E-state index is 0.0867. The molecule has 148 valence electrons. The van der Waals surface area contributed by atoms with Crippen LogP contribution in [0.3, 0.4) is 0 Å². The van der Waals surface area contributed by atoms with Crippen molar-refractivity contribution in [1.82, 2.24) is 19.6 Å². The quantitative estimate of drug-likeness (QED) is 0.818. The smallest absolute Gasteiger partial charge is 0.322 e. The number of hydrogen-bond acceptors (Lipinski definition) is 4. The lowest BCUT2D eigenvalue weighted by Gasteiger charge is -2.21. The number of benzene rings is 1. The molecular weight excluding hydrogens is 354 g/mol. The van der Waals surface area contributed by atoms with Crippen molar-refractivity contribution >= 4 is 17.6 Å². The zero-order valence-electron chi connectivity index (χ0n) is 16.7. The van der Waals surface area contributed by atoms with Gasteiger partial charge in [-0.3, -0.25) is 9.69 Å². The van der Waals surface area contributed by atoms with Crippen LogP contribution in [0.1, 0.15) is 18.1 Å². The Kier molecular flexibility index (Phi) is 4.93. The van der Waals surface area contributed by atoms with Gasteiger partial charge in [-0.1, -0.05) is 29.8 Å². The summed E-state index contributed by atoms with van der Waals surface area (Å²) in [7, 11) is 1.68. The van der Waals surface area contributed by atoms with Crippen molar-refractivity contribution in [3.63, 3.8) is 0 Å². The van der Waals surface area contributed by atoms with E-state index < -0.39 is 0 Å². The minimum Gasteiger partial charge on any atom is -0.322 e. The van der Waals surface area contributed by atoms with E-state index in [0.717, 1.165) is 32.7 Å². The van der Waals surface area contributed by atoms with Crippen LogP contribution in [0.2, 0.25) is 0 Å². The van der Waals surface area contributed by atoms with Gasteiger partial charge >= 0.3 is 6.03 Å². The molecule has 0 saturated carbocycles. The van der Waals surface area contributed by atoms with Gasteiger partial charge in [-0.25, -0.2) is 4.79 Å². The van der Waals surface area contributed by atoms with Crippen molar-refractivity contribution in [2.45, 2.75) is 20.4 Å². The topological polar surface area (TPSA) is 61.7 Å². The van der Waals surface area contributed by atoms with Gasteiger partial charge < -0.3 is 9.80 Å². The third-order valence-electron chi connectivity index (χ3n) is 5.95. The molecule has 0 radical (unpaired) electrons. The lowest BCUT2D eigenvalue weighted by molar-refractivity contribution is -0.116. The molecule has 0 bridgehead atoms. The maximum atomic E-state index is 12.8. The predicted octanol–water partition coefficient (Wildman–Crippen LogP) is 2.21. The van der Waals surface area contributed by atoms with Gasteiger partial charge in [0, 0.05) is 46.7 Å². The highest BCUT2D eigenvalue weighted by Crippen LogP contribution is 2.32. The molecule has 1 aromatic heterocycles. The van der Waals surface area contributed by atoms with E-state index in [1.165, 1.54) is 27.6 Å². The highest BCUT2D eigenvalue weighted by Gasteiger charge is 2.41. The SMILES string of the molecule is CC(=O)N(C)c1cnn(C(=O)N2CC3CN(Cc4cccc(C)c4)CC3C2)c1. The Morgan fingerprint density at radius 1 is 1.18 bits per heavy atom. The second kappa shape index (κ2) is 7.39. The van der Waals surface area contributed by atoms with Gasteiger partial charge in [-0.15, -0.1) is 0 Å². The maximum Gasteiger partial charge on any atom is 0.344 e. The second-order valence-electron chi connectivity index (χ2n) is 8.11. The predicted molar refractivity (Wildman–Crippen MR) is 107 cm³/mol. The average Bonchev–Trinajstić information content (AvgIpc) is 3.35. The first-order valence-corrected chi connectivity index (χ1v) is 9.77. The van der Waals surface area contributed by atoms with Crippen LogP contribution in [0, 0.1) is 18.8 Å². The molecule has 1 aromatic carbocycles. The number of carbonyl (C=O) groups excluding carboxylic acids is 2. The van der Waals surface area contributed by atoms with Crippen LogP contribution in [0.25, 0.3) is 0 Å². The van der Waals surface area contributed by atoms with Gasteiger partial charge in [0.1, 0.15) is 0 Å². The zero-order chi connectivity index (χ0) is 19.8. The average molecular weight is 381 g/mol. The number of carbonyl (C=O) groups is 2. The van der Waals surface area contributed by atoms with Gasteiger partial charge in [-0.05, 0) is 24.3 Å². The molecule has 0 N–H and O–H groups in total. The lowest BCUT2D eigenvalue weighted by atomic mass is 10.0. The van der Waals surface area contributed by atoms with Gasteiger partial charge in [0.05, 0.1) is 18.1 Å². The number of aromatic nitrogens is 2. The summed E-state index contributed by atoms with van der Waals surface area (Å²) >= 11 is 0. The number of rotatable bonds is 3. The molecule has 2 aliphatic rings. The summed E-state index contributed by atoms with van der Waals surface area (Å²) in [6.07, 6.45) is 3.18. The Balaban J connectivity index is 1.35. The summed E-state index contributed by atoms with van der Waals surface area (Å²) in [6, 6.07) is 8.56. The van der Waals surface area contributed by atoms with Crippen LogP contribution in [0.5, 0.6) is 0 Å². The van der Waals surface area contributed by atoms with Crippen LogP contribution < -0.4 is 4.90 Å². The molecule has 28 heavy (non-hydrogen) atoms. The van der Waals surface area contributed by atoms with Crippen molar-refractivity contribution in [3.05, 3.63) is 47.8 Å². The van der Waals surface area contributed by atoms with Crippen molar-refractivity contribution in [3.8, 4) is 0 Å². The monoisotopic (exact) mass is 381 g/mol. The molecule has 0 spiro atoms. The Morgan fingerprint density at radius 2 is 1.89 bits per heavy atom. The van der Waals surface area contributed by atoms with Gasteiger partial charge in [0.2, 0.25) is 5.91 Å². The van der Waals surface area contributed by atoms with Crippen molar-refractivity contribution < 1.29 is 9.59 Å². The summed E-state index contributed by atoms with van der Waals surface area (Å²) in [4.78, 5) is 30.2. The Morgan fingerprint density at radius 3 is 2.54 bits per heavy atom. The molecule has 2 atom stereocenters. The van der Waals surface area contributed by atoms with Crippen LogP contribution in [-0.2, 0) is 11.3 Å². The summed E-state index contributed by atoms with van der Waals surface area (Å²) in [5.41, 5.74) is 3.28. The van der Waals surface area contributed by atoms with E-state index in [-0.39, 0.29) is 11.9 Å². The first kappa shape index (κ1) is 18.7. The molecule has 2 fully saturated rings. The highest BCUT2D eigenvalue weighted by molar-refractivity contribution is 5.91. The van der Waals surface area contributed by atoms with E-state index in [4.69, 9.17) is 0 Å². The number of nitrogens with zero attached hydrogens (tertiary/aromatic N) is 5. The standard InChI is InChI=1S/C21H27N5O2/c1-15-5-4-6-17(7-15)9-24-10-18-12-25(13-19(18)11-24)21(28)26-14-20(8-22-26)23(3)16(2)27/h4-8,14,18-19H,9-13H2,1-3H3. The number of anilines is 1. The molecule has 7 nitrogen and oxygen atoms in total. The molecule has 4 rings (SSSR count). The number of likely N-dealkylation sites (tertiary alicyclic amines) is 2. The molecule has 2 unspecified atom stereocenters. The maximum absolute atomic E-state index is 12.8. The highest BCUT2D eigenvalue weighted by atomic mass is 16.2. The number of fused-ring (bicyclic) bond motifs is 1. The van der Waals surface area contributed by atoms with Crippen molar-refractivity contribution in [1.29, 1.82) is 0 Å². The van der Waals surface area contributed by atoms with Gasteiger partial charge in [0.15, 0.2) is 0 Å². The van der Waals surface area contributed by atoms with E-state index in [1.807, 2.05) is 4.90 Å². The normalized spacial score (nSPS) is 21.8. The van der Waals surface area contributed by atoms with E-state index in [2.05, 4.69) is 41.2 Å². The Hall–Kier alpha value is -2.67. The first-order chi connectivity index (χ1) is 13.4. The Labute approximate surface area is 165 Å². The lowest BCUT2D eigenvalue weighted by Crippen LogP contribution is -2.36. The largest absolute Gasteiger partial charge is 0.344 e. The minimum atomic E-state index is -0.108. The third-order valence-corrected chi connectivity index (χ3v) is 5.95. The van der Waals surface area contributed by atoms with Gasteiger partial charge in [0.25, 0.3) is 0 Å². The fraction of sp³-hybridized carbons (Fsp3) is 0.476. The van der Waals surface area contributed by atoms with Crippen molar-refractivity contribution in [2.24, 2.45) is 11.8 Å². The summed E-state index contributed by atoms with van der Waals surface area (Å²) < 4.78 is 1.35. The molecule has 2 amide bonds. The summed E-state index contributed by atoms with van der Waals surface area (Å²) in [5, 5.41) is 4.16. The van der Waals surface area contributed by atoms with E-state index in [9.17, 15) is 9.59 Å². The van der Waals surface area contributed by atoms with Crippen molar-refractivity contribution in [2.75, 3.05) is 38.1 Å². The molecule has 3 heterocycles. The number of hydrogen-bond donors (Lipinski definition) is 0. The summed E-state index contributed by atoms with van der Waals surface area (Å²) in [6.45, 7) is 8.18. The second-order valence-corrected chi connectivity index (χ2v) is 8.11. The van der Waals surface area contributed by atoms with Gasteiger partial charge in [-0.2, -0.15) is 9.78 Å². The number of amides is 2. The molecule has 2 aromatic rings. The van der Waals surface area contributed by atoms with Crippen LogP contribution in [0.15, 0.2) is 36.7 Å². The van der Waals surface area contributed by atoms with E-state index >= 15 is 0 Å². The molecule has 7 heteroatoms.